The van der Waals surface area contributed by atoms with E-state index in [1.807, 2.05) is 0 Å². The number of methoxy groups -OCH3 is 1. The van der Waals surface area contributed by atoms with Gasteiger partial charge in [0.1, 0.15) is 34.4 Å². The van der Waals surface area contributed by atoms with Crippen molar-refractivity contribution >= 4 is 34.9 Å². The smallest absolute Gasteiger partial charge is 0.313 e. The first kappa shape index (κ1) is 43.9. The van der Waals surface area contributed by atoms with Gasteiger partial charge < -0.3 is 60.0 Å². The molecule has 0 spiro atoms. The fourth-order valence-electron chi connectivity index (χ4n) is 7.31. The van der Waals surface area contributed by atoms with Gasteiger partial charge in [0.25, 0.3) is 5.91 Å². The number of phenols is 1. The highest BCUT2D eigenvalue weighted by Crippen LogP contribution is 2.53. The van der Waals surface area contributed by atoms with Gasteiger partial charge in [-0.25, -0.2) is 0 Å². The van der Waals surface area contributed by atoms with Crippen LogP contribution in [0.4, 0.5) is 5.69 Å². The van der Waals surface area contributed by atoms with Crippen molar-refractivity contribution in [2.24, 2.45) is 17.8 Å². The average Bonchev–Trinajstić information content (AvgIpc) is 3.13. The van der Waals surface area contributed by atoms with E-state index in [2.05, 4.69) is 5.32 Å². The lowest BCUT2D eigenvalue weighted by atomic mass is 9.74. The second-order valence-corrected chi connectivity index (χ2v) is 15.0. The summed E-state index contributed by atoms with van der Waals surface area (Å²) in [4.78, 5) is 53.1. The van der Waals surface area contributed by atoms with Gasteiger partial charge in [0, 0.05) is 41.0 Å². The summed E-state index contributed by atoms with van der Waals surface area (Å²) in [5, 5.41) is 82.9. The number of hydrogen-bond donors (Lipinski definition) is 8. The molecule has 4 bridgehead atoms. The molecule has 1 aromatic carbocycles. The number of ether oxygens (including phenoxy) is 4. The number of anilines is 1. The van der Waals surface area contributed by atoms with Crippen molar-refractivity contribution in [2.45, 2.75) is 97.9 Å². The van der Waals surface area contributed by atoms with Crippen LogP contribution in [0.5, 0.6) is 11.5 Å². The minimum atomic E-state index is -2.22. The third-order valence-electron chi connectivity index (χ3n) is 10.7. The number of hydrogen-bond acceptors (Lipinski definition) is 15. The maximum Gasteiger partial charge on any atom is 0.313 e. The van der Waals surface area contributed by atoms with E-state index in [0.717, 1.165) is 20.1 Å². The zero-order valence-corrected chi connectivity index (χ0v) is 33.0. The van der Waals surface area contributed by atoms with Crippen molar-refractivity contribution in [3.63, 3.8) is 0 Å². The Hall–Kier alpha value is -4.84. The van der Waals surface area contributed by atoms with E-state index < -0.39 is 89.5 Å². The number of aliphatic hydroxyl groups excluding tert-OH is 4. The standard InChI is InChI=1S/C40H51NO15/c1-16-12-11-13-39(8,51)35(47)20(5)29(44)26(38(50)53-10)30(45)21(6)36(48)40(9,52)14-17(2)32-25-23-24(28(43)19(4)33(25)55-15-54-32)31(46)27(41-37(16)49)18(3)34(23)56-22(7)42/h11-14,20-21,26,29-30,35-36,44-48,51-52H,15H2,1-10H3,(H,41,49)/t20-,21-,26+,29+,30+,35+,36+,39+,40+/m0/s1. The number of Topliss-reactive ketones (excluding diaryl/α,β-unsaturated/α-hetero) is 1. The molecule has 1 amide bonds. The van der Waals surface area contributed by atoms with Crippen LogP contribution in [0.3, 0.4) is 0 Å². The first-order chi connectivity index (χ1) is 25.9. The number of allylic oxidation sites excluding steroid dienone is 5. The highest BCUT2D eigenvalue weighted by molar-refractivity contribution is 6.21. The van der Waals surface area contributed by atoms with Gasteiger partial charge in [0.2, 0.25) is 6.79 Å². The number of carbonyl (C=O) groups is 4. The Labute approximate surface area is 324 Å². The predicted octanol–water partition coefficient (Wildman–Crippen LogP) is 2.22. The van der Waals surface area contributed by atoms with Crippen molar-refractivity contribution in [1.82, 2.24) is 0 Å². The summed E-state index contributed by atoms with van der Waals surface area (Å²) in [5.74, 6) is -8.84. The Morgan fingerprint density at radius 3 is 1.98 bits per heavy atom. The van der Waals surface area contributed by atoms with Gasteiger partial charge in [0.15, 0.2) is 11.5 Å². The summed E-state index contributed by atoms with van der Waals surface area (Å²) in [6.45, 7) is 11.5. The molecule has 0 fully saturated rings. The van der Waals surface area contributed by atoms with Crippen LogP contribution in [0.25, 0.3) is 5.57 Å². The van der Waals surface area contributed by atoms with Gasteiger partial charge >= 0.3 is 11.9 Å². The minimum Gasteiger partial charge on any atom is -0.505 e. The monoisotopic (exact) mass is 785 g/mol. The Bertz CT molecular complexity index is 1970. The summed E-state index contributed by atoms with van der Waals surface area (Å²) in [7, 11) is 1.01. The lowest BCUT2D eigenvalue weighted by Gasteiger charge is -2.40. The summed E-state index contributed by atoms with van der Waals surface area (Å²) >= 11 is 0. The molecule has 1 aliphatic carbocycles. The fraction of sp³-hybridized carbons (Fsp3) is 0.500. The number of nitrogens with one attached hydrogen (secondary N) is 1. The number of aromatic hydroxyl groups is 1. The van der Waals surface area contributed by atoms with Crippen molar-refractivity contribution in [3.8, 4) is 11.5 Å². The fourth-order valence-corrected chi connectivity index (χ4v) is 7.31. The first-order valence-corrected chi connectivity index (χ1v) is 17.9. The Morgan fingerprint density at radius 1 is 0.875 bits per heavy atom. The Kier molecular flexibility index (Phi) is 12.8. The lowest BCUT2D eigenvalue weighted by Crippen LogP contribution is -2.54. The number of carbonyl (C=O) groups excluding carboxylic acids is 4. The molecule has 0 aromatic heterocycles. The number of rotatable bonds is 2. The van der Waals surface area contributed by atoms with Crippen molar-refractivity contribution in [2.75, 3.05) is 19.2 Å². The van der Waals surface area contributed by atoms with Crippen LogP contribution < -0.4 is 10.1 Å². The zero-order chi connectivity index (χ0) is 42.4. The van der Waals surface area contributed by atoms with Crippen molar-refractivity contribution in [1.29, 1.82) is 0 Å². The Balaban J connectivity index is 2.08. The van der Waals surface area contributed by atoms with E-state index in [-0.39, 0.29) is 61.9 Å². The van der Waals surface area contributed by atoms with E-state index in [0.29, 0.717) is 0 Å². The highest BCUT2D eigenvalue weighted by Gasteiger charge is 2.48. The largest absolute Gasteiger partial charge is 0.505 e. The number of esters is 2. The van der Waals surface area contributed by atoms with Crippen molar-refractivity contribution in [3.05, 3.63) is 69.2 Å². The van der Waals surface area contributed by atoms with E-state index in [1.165, 1.54) is 73.6 Å². The zero-order valence-electron chi connectivity index (χ0n) is 33.0. The first-order valence-electron chi connectivity index (χ1n) is 17.9. The molecule has 16 heteroatoms. The third-order valence-corrected chi connectivity index (χ3v) is 10.7. The molecule has 16 nitrogen and oxygen atoms in total. The number of fused-ring (bicyclic) bond motifs is 14. The summed E-state index contributed by atoms with van der Waals surface area (Å²) in [6.07, 6.45) is -2.56. The molecule has 1 aromatic rings. The molecule has 3 aliphatic heterocycles. The van der Waals surface area contributed by atoms with Gasteiger partial charge in [-0.1, -0.05) is 32.1 Å². The maximum absolute atomic E-state index is 14.0. The molecule has 0 radical (unpaired) electrons. The molecule has 9 atom stereocenters. The quantitative estimate of drug-likeness (QED) is 0.122. The van der Waals surface area contributed by atoms with Gasteiger partial charge in [-0.3, -0.25) is 19.2 Å². The summed E-state index contributed by atoms with van der Waals surface area (Å²) in [5.41, 5.74) is -4.84. The number of ketones is 1. The molecule has 56 heavy (non-hydrogen) atoms. The number of benzene rings is 1. The molecule has 0 saturated heterocycles. The lowest BCUT2D eigenvalue weighted by molar-refractivity contribution is -0.171. The SMILES string of the molecule is COC(=O)[C@@H]1[C@H](O)[C@H](C)[C@@H](O)[C@](C)(O)C=CC=C(C)C(=O)Nc2c(C)c(OC(C)=O)c3c(c2O)C(=O)C(C)=C2OCOC(=C23)C(C)=C[C@@](C)(O)[C@H](O)[C@@H](C)[C@H]1O. The minimum absolute atomic E-state index is 0.00246. The van der Waals surface area contributed by atoms with E-state index in [4.69, 9.17) is 18.9 Å². The molecule has 0 unspecified atom stereocenters. The molecule has 8 N–H and O–H groups in total. The van der Waals surface area contributed by atoms with Crippen LogP contribution >= 0.6 is 0 Å². The number of phenolic OH excluding ortho intramolecular Hbond substituents is 1. The van der Waals surface area contributed by atoms with E-state index >= 15 is 0 Å². The van der Waals surface area contributed by atoms with Gasteiger partial charge in [-0.2, -0.15) is 0 Å². The molecular weight excluding hydrogens is 734 g/mol. The highest BCUT2D eigenvalue weighted by atomic mass is 16.7. The normalized spacial score (nSPS) is 31.8. The van der Waals surface area contributed by atoms with Crippen LogP contribution in [0.2, 0.25) is 0 Å². The molecule has 4 aliphatic rings. The van der Waals surface area contributed by atoms with Gasteiger partial charge in [0.05, 0.1) is 48.3 Å². The van der Waals surface area contributed by atoms with Crippen LogP contribution in [-0.4, -0.2) is 109 Å². The summed E-state index contributed by atoms with van der Waals surface area (Å²) in [6, 6.07) is 0. The van der Waals surface area contributed by atoms with Crippen LogP contribution in [0, 0.1) is 24.7 Å². The topological polar surface area (TPSA) is 259 Å². The van der Waals surface area contributed by atoms with Crippen molar-refractivity contribution < 1.29 is 73.9 Å². The molecule has 5 rings (SSSR count). The van der Waals surface area contributed by atoms with E-state index in [1.54, 1.807) is 0 Å². The van der Waals surface area contributed by atoms with Gasteiger partial charge in [-0.05, 0) is 53.2 Å². The Morgan fingerprint density at radius 2 is 1.43 bits per heavy atom. The molecule has 0 saturated carbocycles. The van der Waals surface area contributed by atoms with Crippen LogP contribution in [0.1, 0.15) is 76.9 Å². The van der Waals surface area contributed by atoms with Gasteiger partial charge in [-0.15, -0.1) is 0 Å². The molecular formula is C40H51NO15. The molecule has 3 heterocycles. The predicted molar refractivity (Wildman–Crippen MR) is 200 cm³/mol. The number of aliphatic hydroxyl groups is 6. The third kappa shape index (κ3) is 8.03. The van der Waals surface area contributed by atoms with Crippen LogP contribution in [-0.2, 0) is 28.6 Å². The number of amides is 1. The second-order valence-electron chi connectivity index (χ2n) is 15.0. The summed E-state index contributed by atoms with van der Waals surface area (Å²) < 4.78 is 22.2. The average molecular weight is 786 g/mol. The van der Waals surface area contributed by atoms with E-state index in [9.17, 15) is 54.9 Å². The second kappa shape index (κ2) is 16.3. The maximum atomic E-state index is 14.0. The van der Waals surface area contributed by atoms with Crippen LogP contribution in [0.15, 0.2) is 52.5 Å². The molecule has 306 valence electrons.